The van der Waals surface area contributed by atoms with Crippen molar-refractivity contribution in [1.29, 1.82) is 0 Å². The summed E-state index contributed by atoms with van der Waals surface area (Å²) in [6.45, 7) is 4.47. The molecule has 1 aliphatic rings. The summed E-state index contributed by atoms with van der Waals surface area (Å²) in [5.41, 5.74) is 3.17. The highest BCUT2D eigenvalue weighted by Crippen LogP contribution is 2.26. The number of halogens is 1. The first kappa shape index (κ1) is 21.8. The maximum Gasteiger partial charge on any atom is 0.244 e. The molecule has 1 fully saturated rings. The largest absolute Gasteiger partial charge is 0.353 e. The summed E-state index contributed by atoms with van der Waals surface area (Å²) in [4.78, 5) is 26.0. The van der Waals surface area contributed by atoms with Gasteiger partial charge in [-0.25, -0.2) is 9.37 Å². The Morgan fingerprint density at radius 2 is 1.71 bits per heavy atom. The van der Waals surface area contributed by atoms with Crippen molar-refractivity contribution in [3.05, 3.63) is 84.4 Å². The van der Waals surface area contributed by atoms with Crippen LogP contribution in [0.15, 0.2) is 73.1 Å². The maximum atomic E-state index is 14.2. The Bertz CT molecular complexity index is 1280. The molecule has 1 aliphatic heterocycles. The number of hydrogen-bond donors (Lipinski definition) is 0. The lowest BCUT2D eigenvalue weighted by Crippen LogP contribution is -2.49. The third kappa shape index (κ3) is 4.52. The molecule has 8 heteroatoms. The average molecular weight is 457 g/mol. The summed E-state index contributed by atoms with van der Waals surface area (Å²) in [5, 5.41) is 4.64. The molecule has 34 heavy (non-hydrogen) atoms. The van der Waals surface area contributed by atoms with Crippen LogP contribution < -0.4 is 4.90 Å². The van der Waals surface area contributed by atoms with Crippen molar-refractivity contribution in [3.8, 4) is 22.6 Å². The Morgan fingerprint density at radius 1 is 0.941 bits per heavy atom. The number of nitrogens with zero attached hydrogens (tertiary/aromatic N) is 6. The van der Waals surface area contributed by atoms with Crippen molar-refractivity contribution in [2.45, 2.75) is 13.5 Å². The summed E-state index contributed by atoms with van der Waals surface area (Å²) in [5.74, 6) is 0.591. The molecule has 1 aromatic carbocycles. The quantitative estimate of drug-likeness (QED) is 0.457. The summed E-state index contributed by atoms with van der Waals surface area (Å²) in [7, 11) is 0. The van der Waals surface area contributed by atoms with Crippen LogP contribution in [0.25, 0.3) is 22.6 Å². The average Bonchev–Trinajstić information content (AvgIpc) is 3.30. The van der Waals surface area contributed by atoms with Gasteiger partial charge in [0.15, 0.2) is 0 Å². The number of benzene rings is 1. The third-order valence-corrected chi connectivity index (χ3v) is 6.04. The number of carbonyl (C=O) groups excluding carboxylic acids is 1. The van der Waals surface area contributed by atoms with Gasteiger partial charge in [0, 0.05) is 50.2 Å². The second-order valence-corrected chi connectivity index (χ2v) is 8.31. The number of carbonyl (C=O) groups is 1. The van der Waals surface area contributed by atoms with Gasteiger partial charge in [-0.05, 0) is 30.7 Å². The minimum absolute atomic E-state index is 0.00412. The smallest absolute Gasteiger partial charge is 0.244 e. The molecule has 4 aromatic rings. The van der Waals surface area contributed by atoms with Gasteiger partial charge in [-0.2, -0.15) is 5.10 Å². The highest BCUT2D eigenvalue weighted by atomic mass is 19.1. The fourth-order valence-electron chi connectivity index (χ4n) is 4.10. The first-order valence-electron chi connectivity index (χ1n) is 11.3. The summed E-state index contributed by atoms with van der Waals surface area (Å²) < 4.78 is 15.9. The van der Waals surface area contributed by atoms with Gasteiger partial charge in [0.25, 0.3) is 0 Å². The molecule has 0 radical (unpaired) electrons. The maximum absolute atomic E-state index is 14.2. The molecule has 0 aliphatic carbocycles. The number of rotatable bonds is 5. The van der Waals surface area contributed by atoms with Crippen molar-refractivity contribution in [1.82, 2.24) is 24.6 Å². The van der Waals surface area contributed by atoms with E-state index in [2.05, 4.69) is 20.0 Å². The normalized spacial score (nSPS) is 13.8. The lowest BCUT2D eigenvalue weighted by Gasteiger charge is -2.35. The van der Waals surface area contributed by atoms with Crippen LogP contribution in [-0.4, -0.2) is 56.7 Å². The second kappa shape index (κ2) is 9.43. The number of amides is 1. The Hall–Kier alpha value is -4.07. The molecule has 0 N–H and O–H groups in total. The highest BCUT2D eigenvalue weighted by Gasteiger charge is 2.23. The monoisotopic (exact) mass is 456 g/mol. The Labute approximate surface area is 197 Å². The Kier molecular flexibility index (Phi) is 6.03. The van der Waals surface area contributed by atoms with E-state index in [1.807, 2.05) is 59.5 Å². The van der Waals surface area contributed by atoms with Gasteiger partial charge in [-0.3, -0.25) is 14.5 Å². The molecule has 172 valence electrons. The topological polar surface area (TPSA) is 67.2 Å². The van der Waals surface area contributed by atoms with E-state index in [9.17, 15) is 9.18 Å². The lowest BCUT2D eigenvalue weighted by molar-refractivity contribution is -0.132. The van der Waals surface area contributed by atoms with E-state index in [1.165, 1.54) is 12.3 Å². The van der Waals surface area contributed by atoms with Crippen molar-refractivity contribution < 1.29 is 9.18 Å². The van der Waals surface area contributed by atoms with Crippen LogP contribution in [0, 0.1) is 12.7 Å². The Morgan fingerprint density at radius 3 is 2.41 bits per heavy atom. The second-order valence-electron chi connectivity index (χ2n) is 8.31. The van der Waals surface area contributed by atoms with Gasteiger partial charge in [0.1, 0.15) is 23.9 Å². The van der Waals surface area contributed by atoms with Crippen LogP contribution in [0.1, 0.15) is 5.56 Å². The fraction of sp³-hybridized carbons (Fsp3) is 0.231. The minimum Gasteiger partial charge on any atom is -0.353 e. The predicted molar refractivity (Wildman–Crippen MR) is 129 cm³/mol. The van der Waals surface area contributed by atoms with Gasteiger partial charge >= 0.3 is 0 Å². The lowest BCUT2D eigenvalue weighted by atomic mass is 10.1. The Balaban J connectivity index is 1.36. The van der Waals surface area contributed by atoms with Crippen molar-refractivity contribution >= 4 is 11.7 Å². The molecule has 7 nitrogen and oxygen atoms in total. The number of pyridine rings is 2. The number of aromatic nitrogens is 4. The summed E-state index contributed by atoms with van der Waals surface area (Å²) >= 11 is 0. The van der Waals surface area contributed by atoms with E-state index < -0.39 is 0 Å². The molecule has 0 spiro atoms. The molecule has 5 rings (SSSR count). The van der Waals surface area contributed by atoms with Crippen LogP contribution >= 0.6 is 0 Å². The summed E-state index contributed by atoms with van der Waals surface area (Å²) in [6, 6.07) is 18.8. The summed E-state index contributed by atoms with van der Waals surface area (Å²) in [6.07, 6.45) is 3.28. The van der Waals surface area contributed by atoms with Crippen molar-refractivity contribution in [3.63, 3.8) is 0 Å². The van der Waals surface area contributed by atoms with Gasteiger partial charge in [0.2, 0.25) is 5.91 Å². The number of anilines is 1. The van der Waals surface area contributed by atoms with Crippen LogP contribution in [0.5, 0.6) is 0 Å². The van der Waals surface area contributed by atoms with E-state index in [0.717, 1.165) is 30.2 Å². The molecule has 0 saturated carbocycles. The number of hydrogen-bond acceptors (Lipinski definition) is 5. The first-order valence-corrected chi connectivity index (χ1v) is 11.3. The van der Waals surface area contributed by atoms with Crippen LogP contribution in [0.3, 0.4) is 0 Å². The molecule has 3 aromatic heterocycles. The van der Waals surface area contributed by atoms with Gasteiger partial charge in [0.05, 0.1) is 11.4 Å². The molecule has 0 bridgehead atoms. The zero-order valence-electron chi connectivity index (χ0n) is 18.9. The van der Waals surface area contributed by atoms with E-state index in [0.29, 0.717) is 30.0 Å². The van der Waals surface area contributed by atoms with Crippen molar-refractivity contribution in [2.75, 3.05) is 31.1 Å². The van der Waals surface area contributed by atoms with Crippen LogP contribution in [0.2, 0.25) is 0 Å². The molecular formula is C26H25FN6O. The minimum atomic E-state index is -0.331. The SMILES string of the molecule is Cc1cnc(-c2cc(-c3ccccc3)n(CC(=O)N3CCN(c4ccccn4)CC3)n2)cc1F. The molecule has 0 unspecified atom stereocenters. The van der Waals surface area contributed by atoms with Crippen molar-refractivity contribution in [2.24, 2.45) is 0 Å². The fourth-order valence-corrected chi connectivity index (χ4v) is 4.10. The van der Waals surface area contributed by atoms with E-state index >= 15 is 0 Å². The standard InChI is InChI=1S/C26H25FN6O/c1-19-17-29-22(15-21(19)27)23-16-24(20-7-3-2-4-8-20)33(30-23)18-26(34)32-13-11-31(12-14-32)25-9-5-6-10-28-25/h2-10,15-17H,11-14,18H2,1H3. The van der Waals surface area contributed by atoms with Crippen LogP contribution in [0.4, 0.5) is 10.2 Å². The van der Waals surface area contributed by atoms with E-state index in [-0.39, 0.29) is 18.3 Å². The molecule has 4 heterocycles. The predicted octanol–water partition coefficient (Wildman–Crippen LogP) is 3.80. The molecule has 0 atom stereocenters. The van der Waals surface area contributed by atoms with E-state index in [1.54, 1.807) is 17.8 Å². The number of aryl methyl sites for hydroxylation is 1. The zero-order chi connectivity index (χ0) is 23.5. The van der Waals surface area contributed by atoms with E-state index in [4.69, 9.17) is 0 Å². The third-order valence-electron chi connectivity index (χ3n) is 6.04. The molecule has 1 saturated heterocycles. The van der Waals surface area contributed by atoms with Crippen LogP contribution in [-0.2, 0) is 11.3 Å². The highest BCUT2D eigenvalue weighted by molar-refractivity contribution is 5.78. The number of piperazine rings is 1. The zero-order valence-corrected chi connectivity index (χ0v) is 18.9. The first-order chi connectivity index (χ1) is 16.6. The molecule has 1 amide bonds. The van der Waals surface area contributed by atoms with Gasteiger partial charge < -0.3 is 9.80 Å². The molecular weight excluding hydrogens is 431 g/mol. The van der Waals surface area contributed by atoms with Gasteiger partial charge in [-0.15, -0.1) is 0 Å². The van der Waals surface area contributed by atoms with Gasteiger partial charge in [-0.1, -0.05) is 36.4 Å².